The van der Waals surface area contributed by atoms with E-state index in [9.17, 15) is 9.59 Å². The number of carbonyl (C=O) groups is 2. The Balaban J connectivity index is 1.57. The van der Waals surface area contributed by atoms with Gasteiger partial charge in [-0.15, -0.1) is 0 Å². The molecule has 3 aromatic rings. The van der Waals surface area contributed by atoms with Gasteiger partial charge < -0.3 is 14.8 Å². The van der Waals surface area contributed by atoms with Crippen molar-refractivity contribution < 1.29 is 19.1 Å². The summed E-state index contributed by atoms with van der Waals surface area (Å²) < 4.78 is 10.4. The lowest BCUT2D eigenvalue weighted by Gasteiger charge is -2.19. The molecule has 0 bridgehead atoms. The molecular weight excluding hydrogens is 474 g/mol. The van der Waals surface area contributed by atoms with Crippen LogP contribution in [0, 0.1) is 13.8 Å². The topological polar surface area (TPSA) is 80.2 Å². The molecule has 1 N–H and O–H groups in total. The second-order valence-corrected chi connectivity index (χ2v) is 9.19. The van der Waals surface area contributed by atoms with E-state index >= 15 is 0 Å². The number of hydrogen-bond acceptors (Lipinski definition) is 6. The molecule has 4 rings (SSSR count). The maximum Gasteiger partial charge on any atom is 0.283 e. The average Bonchev–Trinajstić information content (AvgIpc) is 3.17. The van der Waals surface area contributed by atoms with Crippen molar-refractivity contribution in [3.8, 4) is 11.5 Å². The average molecular weight is 502 g/mol. The normalized spacial score (nSPS) is 14.1. The highest BCUT2D eigenvalue weighted by Crippen LogP contribution is 2.31. The monoisotopic (exact) mass is 501 g/mol. The lowest BCUT2D eigenvalue weighted by Crippen LogP contribution is -2.31. The summed E-state index contributed by atoms with van der Waals surface area (Å²) in [6.07, 6.45) is 1.74. The van der Waals surface area contributed by atoms with Crippen molar-refractivity contribution in [3.05, 3.63) is 89.1 Å². The number of amides is 2. The molecule has 0 aliphatic carbocycles. The van der Waals surface area contributed by atoms with Gasteiger partial charge in [-0.2, -0.15) is 0 Å². The fourth-order valence-corrected chi connectivity index (χ4v) is 4.57. The summed E-state index contributed by atoms with van der Waals surface area (Å²) in [5.74, 6) is 1.09. The molecule has 3 aromatic carbocycles. The van der Waals surface area contributed by atoms with Gasteiger partial charge in [0.1, 0.15) is 17.2 Å². The second kappa shape index (κ2) is 11.1. The summed E-state index contributed by atoms with van der Waals surface area (Å²) >= 11 is 1.22. The van der Waals surface area contributed by atoms with Crippen molar-refractivity contribution in [1.82, 2.24) is 0 Å². The van der Waals surface area contributed by atoms with Crippen LogP contribution >= 0.6 is 11.8 Å². The number of anilines is 2. The molecule has 1 heterocycles. The Morgan fingerprint density at radius 1 is 0.944 bits per heavy atom. The number of aliphatic imine (C=N–C) groups is 1. The quantitative estimate of drug-likeness (QED) is 0.436. The Morgan fingerprint density at radius 3 is 2.11 bits per heavy atom. The van der Waals surface area contributed by atoms with Gasteiger partial charge in [0.05, 0.1) is 25.7 Å². The van der Waals surface area contributed by atoms with Gasteiger partial charge in [-0.25, -0.2) is 4.99 Å². The number of ether oxygens (including phenoxy) is 2. The van der Waals surface area contributed by atoms with Crippen LogP contribution in [0.3, 0.4) is 0 Å². The molecule has 0 fully saturated rings. The van der Waals surface area contributed by atoms with E-state index in [0.717, 1.165) is 28.1 Å². The number of nitrogens with zero attached hydrogens (tertiary/aromatic N) is 2. The number of rotatable bonds is 7. The van der Waals surface area contributed by atoms with Gasteiger partial charge in [0, 0.05) is 5.69 Å². The van der Waals surface area contributed by atoms with Crippen molar-refractivity contribution >= 4 is 46.2 Å². The number of nitrogens with one attached hydrogen (secondary N) is 1. The van der Waals surface area contributed by atoms with Crippen LogP contribution in [0.2, 0.25) is 0 Å². The van der Waals surface area contributed by atoms with Crippen LogP contribution < -0.4 is 19.7 Å². The highest BCUT2D eigenvalue weighted by atomic mass is 32.2. The van der Waals surface area contributed by atoms with Crippen LogP contribution in [-0.4, -0.2) is 37.0 Å². The van der Waals surface area contributed by atoms with Gasteiger partial charge in [-0.3, -0.25) is 14.5 Å². The van der Waals surface area contributed by atoms with Crippen molar-refractivity contribution in [2.45, 2.75) is 13.8 Å². The largest absolute Gasteiger partial charge is 0.497 e. The maximum atomic E-state index is 13.5. The van der Waals surface area contributed by atoms with Gasteiger partial charge in [0.15, 0.2) is 5.17 Å². The molecule has 36 heavy (non-hydrogen) atoms. The first-order chi connectivity index (χ1) is 17.4. The third-order valence-corrected chi connectivity index (χ3v) is 6.36. The first-order valence-electron chi connectivity index (χ1n) is 11.3. The molecule has 0 saturated heterocycles. The summed E-state index contributed by atoms with van der Waals surface area (Å²) in [6.45, 7) is 3.97. The molecular formula is C28H27N3O4S. The fraction of sp³-hybridized carbons (Fsp3) is 0.179. The summed E-state index contributed by atoms with van der Waals surface area (Å²) in [7, 11) is 3.20. The molecule has 1 aliphatic rings. The number of hydrogen-bond donors (Lipinski definition) is 1. The van der Waals surface area contributed by atoms with Gasteiger partial charge in [0.2, 0.25) is 5.91 Å². The molecule has 184 valence electrons. The minimum absolute atomic E-state index is 0.0925. The van der Waals surface area contributed by atoms with E-state index in [-0.39, 0.29) is 17.6 Å². The molecule has 2 amide bonds. The molecule has 0 atom stereocenters. The van der Waals surface area contributed by atoms with E-state index in [1.54, 1.807) is 49.5 Å². The van der Waals surface area contributed by atoms with Crippen LogP contribution in [0.15, 0.2) is 77.4 Å². The third kappa shape index (κ3) is 5.95. The van der Waals surface area contributed by atoms with Crippen LogP contribution in [0.4, 0.5) is 11.4 Å². The van der Waals surface area contributed by atoms with E-state index in [1.807, 2.05) is 56.3 Å². The Morgan fingerprint density at radius 2 is 1.53 bits per heavy atom. The van der Waals surface area contributed by atoms with Crippen molar-refractivity contribution in [2.75, 3.05) is 30.2 Å². The van der Waals surface area contributed by atoms with E-state index in [0.29, 0.717) is 22.3 Å². The number of amidine groups is 1. The second-order valence-electron chi connectivity index (χ2n) is 8.25. The third-order valence-electron chi connectivity index (χ3n) is 5.42. The summed E-state index contributed by atoms with van der Waals surface area (Å²) in [4.78, 5) is 32.3. The molecule has 0 aromatic heterocycles. The lowest BCUT2D eigenvalue weighted by atomic mass is 10.1. The number of methoxy groups -OCH3 is 2. The molecule has 0 saturated carbocycles. The van der Waals surface area contributed by atoms with E-state index in [1.165, 1.54) is 11.8 Å². The van der Waals surface area contributed by atoms with Crippen molar-refractivity contribution in [1.29, 1.82) is 0 Å². The first kappa shape index (κ1) is 25.1. The van der Waals surface area contributed by atoms with Crippen molar-refractivity contribution in [3.63, 3.8) is 0 Å². The van der Waals surface area contributed by atoms with Crippen LogP contribution in [0.5, 0.6) is 11.5 Å². The molecule has 8 heteroatoms. The van der Waals surface area contributed by atoms with Crippen LogP contribution in [0.25, 0.3) is 6.08 Å². The molecule has 0 spiro atoms. The zero-order chi connectivity index (χ0) is 25.7. The molecule has 1 aliphatic heterocycles. The van der Waals surface area contributed by atoms with E-state index in [4.69, 9.17) is 9.47 Å². The summed E-state index contributed by atoms with van der Waals surface area (Å²) in [6, 6.07) is 20.4. The highest BCUT2D eigenvalue weighted by Gasteiger charge is 2.32. The lowest BCUT2D eigenvalue weighted by molar-refractivity contribution is -0.114. The Bertz CT molecular complexity index is 1310. The van der Waals surface area contributed by atoms with Gasteiger partial charge in [-0.05, 0) is 85.1 Å². The predicted octanol–water partition coefficient (Wildman–Crippen LogP) is 5.44. The number of aryl methyl sites for hydroxylation is 2. The van der Waals surface area contributed by atoms with Crippen LogP contribution in [-0.2, 0) is 9.59 Å². The minimum Gasteiger partial charge on any atom is -0.497 e. The highest BCUT2D eigenvalue weighted by molar-refractivity contribution is 8.14. The number of thioether (sulfide) groups is 1. The molecule has 0 unspecified atom stereocenters. The maximum absolute atomic E-state index is 13.5. The van der Waals surface area contributed by atoms with Gasteiger partial charge in [0.25, 0.3) is 5.91 Å². The zero-order valence-corrected chi connectivity index (χ0v) is 21.4. The first-order valence-corrected chi connectivity index (χ1v) is 12.3. The Hall–Kier alpha value is -4.04. The van der Waals surface area contributed by atoms with Gasteiger partial charge >= 0.3 is 0 Å². The van der Waals surface area contributed by atoms with Gasteiger partial charge in [-0.1, -0.05) is 30.0 Å². The molecule has 7 nitrogen and oxygen atoms in total. The molecule has 0 radical (unpaired) electrons. The summed E-state index contributed by atoms with van der Waals surface area (Å²) in [5, 5.41) is 3.32. The summed E-state index contributed by atoms with van der Waals surface area (Å²) in [5.41, 5.74) is 4.58. The fourth-order valence-electron chi connectivity index (χ4n) is 3.76. The number of carbonyl (C=O) groups excluding carboxylic acids is 2. The SMILES string of the molecule is COc1ccc(C=C2N=C(SCC(=O)Nc3ccc(OC)cc3)N(c3cc(C)cc(C)c3)C2=O)cc1. The van der Waals surface area contributed by atoms with E-state index in [2.05, 4.69) is 10.3 Å². The Labute approximate surface area is 214 Å². The Kier molecular flexibility index (Phi) is 7.75. The smallest absolute Gasteiger partial charge is 0.283 e. The predicted molar refractivity (Wildman–Crippen MR) is 146 cm³/mol. The van der Waals surface area contributed by atoms with Crippen LogP contribution in [0.1, 0.15) is 16.7 Å². The zero-order valence-electron chi connectivity index (χ0n) is 20.6. The standard InChI is InChI=1S/C28H27N3O4S/c1-18-13-19(2)15-22(14-18)31-27(33)25(16-20-5-9-23(34-3)10-6-20)30-28(31)36-17-26(32)29-21-7-11-24(35-4)12-8-21/h5-16H,17H2,1-4H3,(H,29,32). The van der Waals surface area contributed by atoms with Crippen molar-refractivity contribution in [2.24, 2.45) is 4.99 Å². The van der Waals surface area contributed by atoms with E-state index < -0.39 is 0 Å². The number of benzene rings is 3. The minimum atomic E-state index is -0.242.